The van der Waals surface area contributed by atoms with E-state index in [1.165, 1.54) is 12.8 Å². The second-order valence-corrected chi connectivity index (χ2v) is 3.64. The van der Waals surface area contributed by atoms with E-state index < -0.39 is 0 Å². The number of nitrogens with two attached hydrogens (primary N) is 1. The molecule has 0 radical (unpaired) electrons. The minimum atomic E-state index is -0.164. The van der Waals surface area contributed by atoms with Crippen molar-refractivity contribution in [3.05, 3.63) is 0 Å². The van der Waals surface area contributed by atoms with Gasteiger partial charge in [0, 0.05) is 6.54 Å². The molecule has 0 bridgehead atoms. The van der Waals surface area contributed by atoms with Crippen LogP contribution in [0.4, 0.5) is 0 Å². The van der Waals surface area contributed by atoms with Crippen molar-refractivity contribution in [1.82, 2.24) is 0 Å². The normalized spacial score (nSPS) is 12.5. The van der Waals surface area contributed by atoms with Gasteiger partial charge in [0.15, 0.2) is 0 Å². The van der Waals surface area contributed by atoms with E-state index in [-0.39, 0.29) is 5.97 Å². The molecule has 0 aromatic heterocycles. The summed E-state index contributed by atoms with van der Waals surface area (Å²) in [4.78, 5) is 11.0. The zero-order valence-corrected chi connectivity index (χ0v) is 9.42. The van der Waals surface area contributed by atoms with Crippen molar-refractivity contribution in [1.29, 1.82) is 0 Å². The molecular formula is C11H23NO2. The molecule has 0 aliphatic rings. The van der Waals surface area contributed by atoms with Gasteiger partial charge in [-0.05, 0) is 12.3 Å². The summed E-state index contributed by atoms with van der Waals surface area (Å²) in [6.45, 7) is 5.25. The lowest BCUT2D eigenvalue weighted by Crippen LogP contribution is -2.16. The molecule has 0 aromatic carbocycles. The molecule has 0 amide bonds. The van der Waals surface area contributed by atoms with Crippen LogP contribution in [0, 0.1) is 5.92 Å². The van der Waals surface area contributed by atoms with Crippen LogP contribution in [0.1, 0.15) is 46.0 Å². The first-order valence-electron chi connectivity index (χ1n) is 5.60. The molecule has 3 heteroatoms. The maximum absolute atomic E-state index is 11.0. The Balaban J connectivity index is 3.55. The predicted molar refractivity (Wildman–Crippen MR) is 57.9 cm³/mol. The third kappa shape index (κ3) is 6.89. The Morgan fingerprint density at radius 2 is 2.14 bits per heavy atom. The third-order valence-electron chi connectivity index (χ3n) is 2.37. The van der Waals surface area contributed by atoms with Crippen LogP contribution in [0.25, 0.3) is 0 Å². The monoisotopic (exact) mass is 201 g/mol. The first-order valence-corrected chi connectivity index (χ1v) is 5.60. The van der Waals surface area contributed by atoms with Crippen molar-refractivity contribution in [3.63, 3.8) is 0 Å². The van der Waals surface area contributed by atoms with Crippen molar-refractivity contribution < 1.29 is 9.53 Å². The van der Waals surface area contributed by atoms with Crippen LogP contribution >= 0.6 is 0 Å². The summed E-state index contributed by atoms with van der Waals surface area (Å²) in [5.74, 6) is 0.360. The maximum Gasteiger partial charge on any atom is 0.307 e. The lowest BCUT2D eigenvalue weighted by Gasteiger charge is -2.14. The standard InChI is InChI=1S/C11H23NO2/c1-3-5-6-10(4-2)9-14-11(13)7-8-12/h10H,3-9,12H2,1-2H3. The van der Waals surface area contributed by atoms with E-state index in [0.29, 0.717) is 25.5 Å². The van der Waals surface area contributed by atoms with E-state index in [0.717, 1.165) is 12.8 Å². The van der Waals surface area contributed by atoms with E-state index in [1.807, 2.05) is 0 Å². The Morgan fingerprint density at radius 1 is 1.43 bits per heavy atom. The zero-order valence-electron chi connectivity index (χ0n) is 9.42. The van der Waals surface area contributed by atoms with E-state index in [9.17, 15) is 4.79 Å². The van der Waals surface area contributed by atoms with Gasteiger partial charge in [0.2, 0.25) is 0 Å². The fraction of sp³-hybridized carbons (Fsp3) is 0.909. The maximum atomic E-state index is 11.0. The van der Waals surface area contributed by atoms with Crippen molar-refractivity contribution in [2.45, 2.75) is 46.0 Å². The van der Waals surface area contributed by atoms with Gasteiger partial charge in [-0.15, -0.1) is 0 Å². The first kappa shape index (κ1) is 13.4. The molecule has 0 saturated heterocycles. The van der Waals surface area contributed by atoms with Crippen LogP contribution in [0.5, 0.6) is 0 Å². The Kier molecular flexibility index (Phi) is 8.64. The van der Waals surface area contributed by atoms with Gasteiger partial charge >= 0.3 is 5.97 Å². The van der Waals surface area contributed by atoms with E-state index >= 15 is 0 Å². The molecular weight excluding hydrogens is 178 g/mol. The average molecular weight is 201 g/mol. The van der Waals surface area contributed by atoms with E-state index in [2.05, 4.69) is 13.8 Å². The second-order valence-electron chi connectivity index (χ2n) is 3.64. The summed E-state index contributed by atoms with van der Waals surface area (Å²) < 4.78 is 5.11. The van der Waals surface area contributed by atoms with E-state index in [1.54, 1.807) is 0 Å². The second kappa shape index (κ2) is 9.00. The summed E-state index contributed by atoms with van der Waals surface area (Å²) in [5.41, 5.74) is 5.25. The van der Waals surface area contributed by atoms with Crippen LogP contribution in [-0.4, -0.2) is 19.1 Å². The summed E-state index contributed by atoms with van der Waals surface area (Å²) in [6, 6.07) is 0. The van der Waals surface area contributed by atoms with Crippen molar-refractivity contribution in [2.75, 3.05) is 13.2 Å². The minimum Gasteiger partial charge on any atom is -0.465 e. The van der Waals surface area contributed by atoms with Gasteiger partial charge in [-0.1, -0.05) is 33.1 Å². The Hall–Kier alpha value is -0.570. The Morgan fingerprint density at radius 3 is 2.64 bits per heavy atom. The molecule has 14 heavy (non-hydrogen) atoms. The van der Waals surface area contributed by atoms with Crippen LogP contribution in [-0.2, 0) is 9.53 Å². The minimum absolute atomic E-state index is 0.164. The third-order valence-corrected chi connectivity index (χ3v) is 2.37. The fourth-order valence-corrected chi connectivity index (χ4v) is 1.30. The molecule has 0 saturated carbocycles. The number of carbonyl (C=O) groups is 1. The van der Waals surface area contributed by atoms with Crippen molar-refractivity contribution >= 4 is 5.97 Å². The fourth-order valence-electron chi connectivity index (χ4n) is 1.30. The molecule has 1 unspecified atom stereocenters. The van der Waals surface area contributed by atoms with Gasteiger partial charge in [-0.2, -0.15) is 0 Å². The van der Waals surface area contributed by atoms with Gasteiger partial charge in [0.1, 0.15) is 0 Å². The van der Waals surface area contributed by atoms with Crippen LogP contribution in [0.15, 0.2) is 0 Å². The van der Waals surface area contributed by atoms with Crippen molar-refractivity contribution in [2.24, 2.45) is 11.7 Å². The molecule has 0 fully saturated rings. The highest BCUT2D eigenvalue weighted by atomic mass is 16.5. The topological polar surface area (TPSA) is 52.3 Å². The van der Waals surface area contributed by atoms with Gasteiger partial charge in [0.25, 0.3) is 0 Å². The zero-order chi connectivity index (χ0) is 10.8. The molecule has 0 aromatic rings. The predicted octanol–water partition coefficient (Wildman–Crippen LogP) is 2.09. The van der Waals surface area contributed by atoms with Gasteiger partial charge in [-0.25, -0.2) is 0 Å². The molecule has 0 heterocycles. The number of unbranched alkanes of at least 4 members (excludes halogenated alkanes) is 1. The summed E-state index contributed by atoms with van der Waals surface area (Å²) in [7, 11) is 0. The van der Waals surface area contributed by atoms with E-state index in [4.69, 9.17) is 10.5 Å². The number of hydrogen-bond acceptors (Lipinski definition) is 3. The number of esters is 1. The summed E-state index contributed by atoms with van der Waals surface area (Å²) in [5, 5.41) is 0. The SMILES string of the molecule is CCCCC(CC)COC(=O)CCN. The van der Waals surface area contributed by atoms with Gasteiger partial charge in [-0.3, -0.25) is 4.79 Å². The molecule has 0 spiro atoms. The first-order chi connectivity index (χ1) is 6.74. The summed E-state index contributed by atoms with van der Waals surface area (Å²) in [6.07, 6.45) is 4.99. The molecule has 3 nitrogen and oxygen atoms in total. The van der Waals surface area contributed by atoms with Crippen LogP contribution < -0.4 is 5.73 Å². The molecule has 0 aliphatic carbocycles. The molecule has 1 atom stereocenters. The molecule has 0 aliphatic heterocycles. The van der Waals surface area contributed by atoms with Gasteiger partial charge < -0.3 is 10.5 Å². The number of carbonyl (C=O) groups excluding carboxylic acids is 1. The highest BCUT2D eigenvalue weighted by Crippen LogP contribution is 2.12. The number of ether oxygens (including phenoxy) is 1. The smallest absolute Gasteiger partial charge is 0.307 e. The van der Waals surface area contributed by atoms with Crippen LogP contribution in [0.3, 0.4) is 0 Å². The average Bonchev–Trinajstić information content (AvgIpc) is 2.19. The number of hydrogen-bond donors (Lipinski definition) is 1. The lowest BCUT2D eigenvalue weighted by molar-refractivity contribution is -0.144. The highest BCUT2D eigenvalue weighted by molar-refractivity contribution is 5.69. The lowest BCUT2D eigenvalue weighted by atomic mass is 10.0. The Bertz CT molecular complexity index is 148. The van der Waals surface area contributed by atoms with Gasteiger partial charge in [0.05, 0.1) is 13.0 Å². The Labute approximate surface area is 87.0 Å². The number of rotatable bonds is 8. The van der Waals surface area contributed by atoms with Crippen LogP contribution in [0.2, 0.25) is 0 Å². The van der Waals surface area contributed by atoms with Crippen molar-refractivity contribution in [3.8, 4) is 0 Å². The quantitative estimate of drug-likeness (QED) is 0.612. The largest absolute Gasteiger partial charge is 0.465 e. The molecule has 2 N–H and O–H groups in total. The summed E-state index contributed by atoms with van der Waals surface area (Å²) >= 11 is 0. The molecule has 0 rings (SSSR count). The highest BCUT2D eigenvalue weighted by Gasteiger charge is 2.08. The molecule has 84 valence electrons.